The van der Waals surface area contributed by atoms with Crippen molar-refractivity contribution in [2.24, 2.45) is 12.5 Å². The third kappa shape index (κ3) is 2.16. The van der Waals surface area contributed by atoms with E-state index in [9.17, 15) is 0 Å². The van der Waals surface area contributed by atoms with Gasteiger partial charge in [0.05, 0.1) is 13.2 Å². The van der Waals surface area contributed by atoms with E-state index in [0.717, 1.165) is 26.3 Å². The van der Waals surface area contributed by atoms with Crippen molar-refractivity contribution in [3.8, 4) is 0 Å². The topological polar surface area (TPSA) is 26.2 Å². The fraction of sp³-hybridized carbons (Fsp3) is 0.636. The molecular weight excluding hydrogens is 176 g/mol. The van der Waals surface area contributed by atoms with Crippen molar-refractivity contribution in [3.63, 3.8) is 0 Å². The van der Waals surface area contributed by atoms with Crippen molar-refractivity contribution in [1.29, 1.82) is 0 Å². The Kier molecular flexibility index (Phi) is 2.61. The van der Waals surface area contributed by atoms with Crippen LogP contribution in [0.4, 0.5) is 0 Å². The van der Waals surface area contributed by atoms with Crippen LogP contribution in [-0.2, 0) is 18.3 Å². The van der Waals surface area contributed by atoms with Crippen molar-refractivity contribution in [2.45, 2.75) is 13.5 Å². The summed E-state index contributed by atoms with van der Waals surface area (Å²) in [6, 6.07) is 2.15. The van der Waals surface area contributed by atoms with Gasteiger partial charge in [0.1, 0.15) is 0 Å². The Hall–Kier alpha value is -0.800. The summed E-state index contributed by atoms with van der Waals surface area (Å²) >= 11 is 0. The fourth-order valence-electron chi connectivity index (χ4n) is 1.73. The van der Waals surface area contributed by atoms with Crippen molar-refractivity contribution in [2.75, 3.05) is 19.8 Å². The predicted molar refractivity (Wildman–Crippen MR) is 56.0 cm³/mol. The lowest BCUT2D eigenvalue weighted by Crippen LogP contribution is -2.47. The summed E-state index contributed by atoms with van der Waals surface area (Å²) in [5, 5.41) is 3.46. The zero-order valence-corrected chi connectivity index (χ0v) is 8.92. The standard InChI is InChI=1S/C11H18N2O/c1-11(8-14-9-11)7-12-5-10-3-4-13(2)6-10/h3-4,6,12H,5,7-9H2,1-2H3. The normalized spacial score (nSPS) is 19.3. The van der Waals surface area contributed by atoms with Gasteiger partial charge < -0.3 is 14.6 Å². The zero-order valence-electron chi connectivity index (χ0n) is 8.92. The first-order valence-electron chi connectivity index (χ1n) is 5.07. The molecule has 1 aliphatic heterocycles. The average Bonchev–Trinajstić information content (AvgIpc) is 2.49. The Labute approximate surface area is 85.1 Å². The fourth-order valence-corrected chi connectivity index (χ4v) is 1.73. The van der Waals surface area contributed by atoms with Gasteiger partial charge in [-0.15, -0.1) is 0 Å². The molecule has 2 rings (SSSR count). The number of hydrogen-bond donors (Lipinski definition) is 1. The lowest BCUT2D eigenvalue weighted by atomic mass is 9.89. The molecular formula is C11H18N2O. The first-order chi connectivity index (χ1) is 6.68. The van der Waals surface area contributed by atoms with Gasteiger partial charge in [-0.05, 0) is 11.6 Å². The molecule has 0 aromatic carbocycles. The van der Waals surface area contributed by atoms with Gasteiger partial charge in [0.25, 0.3) is 0 Å². The Morgan fingerprint density at radius 3 is 2.86 bits per heavy atom. The Bertz CT molecular complexity index is 302. The molecule has 3 heteroatoms. The number of nitrogens with one attached hydrogen (secondary N) is 1. The molecule has 0 saturated carbocycles. The second kappa shape index (κ2) is 3.75. The largest absolute Gasteiger partial charge is 0.380 e. The third-order valence-corrected chi connectivity index (χ3v) is 2.68. The number of ether oxygens (including phenoxy) is 1. The molecule has 1 N–H and O–H groups in total. The van der Waals surface area contributed by atoms with Gasteiger partial charge in [0, 0.05) is 37.9 Å². The van der Waals surface area contributed by atoms with Crippen molar-refractivity contribution in [3.05, 3.63) is 24.0 Å². The van der Waals surface area contributed by atoms with Crippen LogP contribution in [0, 0.1) is 5.41 Å². The monoisotopic (exact) mass is 194 g/mol. The molecule has 0 spiro atoms. The molecule has 0 radical (unpaired) electrons. The number of rotatable bonds is 4. The van der Waals surface area contributed by atoms with Crippen LogP contribution in [0.1, 0.15) is 12.5 Å². The summed E-state index contributed by atoms with van der Waals surface area (Å²) in [5.41, 5.74) is 1.71. The summed E-state index contributed by atoms with van der Waals surface area (Å²) in [7, 11) is 2.05. The highest BCUT2D eigenvalue weighted by Gasteiger charge is 2.32. The first kappa shape index (κ1) is 9.74. The smallest absolute Gasteiger partial charge is 0.0554 e. The third-order valence-electron chi connectivity index (χ3n) is 2.68. The molecule has 3 nitrogen and oxygen atoms in total. The van der Waals surface area contributed by atoms with E-state index >= 15 is 0 Å². The van der Waals surface area contributed by atoms with E-state index in [2.05, 4.69) is 35.3 Å². The molecule has 0 bridgehead atoms. The van der Waals surface area contributed by atoms with Gasteiger partial charge >= 0.3 is 0 Å². The summed E-state index contributed by atoms with van der Waals surface area (Å²) in [5.74, 6) is 0. The Morgan fingerprint density at radius 2 is 2.36 bits per heavy atom. The van der Waals surface area contributed by atoms with Gasteiger partial charge in [0.15, 0.2) is 0 Å². The van der Waals surface area contributed by atoms with E-state index < -0.39 is 0 Å². The molecule has 78 valence electrons. The molecule has 0 amide bonds. The number of aromatic nitrogens is 1. The van der Waals surface area contributed by atoms with Crippen LogP contribution in [0.2, 0.25) is 0 Å². The maximum Gasteiger partial charge on any atom is 0.0554 e. The van der Waals surface area contributed by atoms with Crippen LogP contribution in [0.15, 0.2) is 18.5 Å². The summed E-state index contributed by atoms with van der Waals surface area (Å²) < 4.78 is 7.28. The molecule has 0 aliphatic carbocycles. The quantitative estimate of drug-likeness (QED) is 0.778. The predicted octanol–water partition coefficient (Wildman–Crippen LogP) is 1.15. The van der Waals surface area contributed by atoms with Gasteiger partial charge in [-0.3, -0.25) is 0 Å². The molecule has 1 saturated heterocycles. The van der Waals surface area contributed by atoms with Crippen LogP contribution < -0.4 is 5.32 Å². The van der Waals surface area contributed by atoms with E-state index in [0.29, 0.717) is 5.41 Å². The summed E-state index contributed by atoms with van der Waals surface area (Å²) in [6.07, 6.45) is 4.22. The molecule has 1 fully saturated rings. The summed E-state index contributed by atoms with van der Waals surface area (Å²) in [6.45, 7) is 6.05. The van der Waals surface area contributed by atoms with Gasteiger partial charge in [-0.1, -0.05) is 6.92 Å². The van der Waals surface area contributed by atoms with Crippen LogP contribution in [-0.4, -0.2) is 24.3 Å². The highest BCUT2D eigenvalue weighted by Crippen LogP contribution is 2.25. The molecule has 14 heavy (non-hydrogen) atoms. The maximum atomic E-state index is 5.20. The van der Waals surface area contributed by atoms with E-state index in [1.807, 2.05) is 7.05 Å². The lowest BCUT2D eigenvalue weighted by molar-refractivity contribution is -0.0991. The van der Waals surface area contributed by atoms with Crippen LogP contribution >= 0.6 is 0 Å². The van der Waals surface area contributed by atoms with Crippen LogP contribution in [0.3, 0.4) is 0 Å². The van der Waals surface area contributed by atoms with E-state index in [-0.39, 0.29) is 0 Å². The number of hydrogen-bond acceptors (Lipinski definition) is 2. The first-order valence-corrected chi connectivity index (χ1v) is 5.07. The van der Waals surface area contributed by atoms with E-state index in [1.54, 1.807) is 0 Å². The Balaban J connectivity index is 1.72. The maximum absolute atomic E-state index is 5.20. The van der Waals surface area contributed by atoms with E-state index in [1.165, 1.54) is 5.56 Å². The second-order valence-electron chi connectivity index (χ2n) is 4.59. The lowest BCUT2D eigenvalue weighted by Gasteiger charge is -2.38. The molecule has 1 aliphatic rings. The van der Waals surface area contributed by atoms with Crippen LogP contribution in [0.25, 0.3) is 0 Å². The minimum atomic E-state index is 0.370. The van der Waals surface area contributed by atoms with E-state index in [4.69, 9.17) is 4.74 Å². The number of aryl methyl sites for hydroxylation is 1. The molecule has 1 aromatic heterocycles. The van der Waals surface area contributed by atoms with Crippen molar-refractivity contribution < 1.29 is 4.74 Å². The van der Waals surface area contributed by atoms with Crippen molar-refractivity contribution in [1.82, 2.24) is 9.88 Å². The van der Waals surface area contributed by atoms with Crippen LogP contribution in [0.5, 0.6) is 0 Å². The Morgan fingerprint density at radius 1 is 1.57 bits per heavy atom. The highest BCUT2D eigenvalue weighted by molar-refractivity contribution is 5.09. The minimum absolute atomic E-state index is 0.370. The van der Waals surface area contributed by atoms with Gasteiger partial charge in [0.2, 0.25) is 0 Å². The highest BCUT2D eigenvalue weighted by atomic mass is 16.5. The van der Waals surface area contributed by atoms with Crippen molar-refractivity contribution >= 4 is 0 Å². The minimum Gasteiger partial charge on any atom is -0.380 e. The molecule has 2 heterocycles. The molecule has 0 atom stereocenters. The van der Waals surface area contributed by atoms with Gasteiger partial charge in [-0.2, -0.15) is 0 Å². The molecule has 1 aromatic rings. The second-order valence-corrected chi connectivity index (χ2v) is 4.59. The average molecular weight is 194 g/mol. The number of nitrogens with zero attached hydrogens (tertiary/aromatic N) is 1. The SMILES string of the molecule is Cn1ccc(CNCC2(C)COC2)c1. The molecule has 0 unspecified atom stereocenters. The van der Waals surface area contributed by atoms with Gasteiger partial charge in [-0.25, -0.2) is 0 Å². The summed E-state index contributed by atoms with van der Waals surface area (Å²) in [4.78, 5) is 0. The zero-order chi connectivity index (χ0) is 10.0.